The number of hydrogen-bond acceptors (Lipinski definition) is 3. The van der Waals surface area contributed by atoms with E-state index in [2.05, 4.69) is 6.07 Å². The number of amides is 1. The van der Waals surface area contributed by atoms with Crippen LogP contribution in [0, 0.1) is 5.92 Å². The zero-order valence-electron chi connectivity index (χ0n) is 12.9. The van der Waals surface area contributed by atoms with E-state index in [9.17, 15) is 13.2 Å². The highest BCUT2D eigenvalue weighted by Gasteiger charge is 2.34. The molecule has 0 N–H and O–H groups in total. The van der Waals surface area contributed by atoms with Gasteiger partial charge in [0.05, 0.1) is 12.2 Å². The summed E-state index contributed by atoms with van der Waals surface area (Å²) in [7, 11) is -3.22. The Morgan fingerprint density at radius 1 is 1.18 bits per heavy atom. The molecule has 2 aliphatic heterocycles. The van der Waals surface area contributed by atoms with Crippen LogP contribution < -0.4 is 4.90 Å². The van der Waals surface area contributed by atoms with E-state index in [1.165, 1.54) is 16.1 Å². The highest BCUT2D eigenvalue weighted by atomic mass is 32.2. The van der Waals surface area contributed by atoms with Gasteiger partial charge < -0.3 is 4.90 Å². The molecular weight excluding hydrogens is 300 g/mol. The summed E-state index contributed by atoms with van der Waals surface area (Å²) >= 11 is 0. The number of anilines is 1. The SMILES string of the molecule is CS(=O)(=O)N1CCCC(C(=O)N2CCCc3ccccc32)C1. The van der Waals surface area contributed by atoms with Gasteiger partial charge in [0.2, 0.25) is 15.9 Å². The summed E-state index contributed by atoms with van der Waals surface area (Å²) in [5.74, 6) is -0.157. The second-order valence-corrected chi connectivity index (χ2v) is 8.16. The maximum Gasteiger partial charge on any atom is 0.231 e. The first-order chi connectivity index (χ1) is 10.5. The summed E-state index contributed by atoms with van der Waals surface area (Å²) in [4.78, 5) is 14.7. The maximum absolute atomic E-state index is 12.9. The smallest absolute Gasteiger partial charge is 0.231 e. The minimum atomic E-state index is -3.22. The number of sulfonamides is 1. The number of hydrogen-bond donors (Lipinski definition) is 0. The lowest BCUT2D eigenvalue weighted by atomic mass is 9.95. The molecule has 1 unspecified atom stereocenters. The van der Waals surface area contributed by atoms with Gasteiger partial charge in [-0.15, -0.1) is 0 Å². The second-order valence-electron chi connectivity index (χ2n) is 6.18. The van der Waals surface area contributed by atoms with Gasteiger partial charge >= 0.3 is 0 Å². The number of rotatable bonds is 2. The molecule has 1 fully saturated rings. The van der Waals surface area contributed by atoms with Gasteiger partial charge in [0.15, 0.2) is 0 Å². The van der Waals surface area contributed by atoms with E-state index in [0.717, 1.165) is 37.9 Å². The van der Waals surface area contributed by atoms with Crippen molar-refractivity contribution in [3.05, 3.63) is 29.8 Å². The van der Waals surface area contributed by atoms with Crippen LogP contribution in [0.5, 0.6) is 0 Å². The Bertz CT molecular complexity index is 672. The molecule has 2 aliphatic rings. The van der Waals surface area contributed by atoms with Crippen molar-refractivity contribution in [2.45, 2.75) is 25.7 Å². The summed E-state index contributed by atoms with van der Waals surface area (Å²) in [5, 5.41) is 0. The lowest BCUT2D eigenvalue weighted by Gasteiger charge is -2.36. The molecule has 6 heteroatoms. The Kier molecular flexibility index (Phi) is 4.23. The van der Waals surface area contributed by atoms with Crippen LogP contribution in [0.15, 0.2) is 24.3 Å². The topological polar surface area (TPSA) is 57.7 Å². The van der Waals surface area contributed by atoms with Crippen molar-refractivity contribution >= 4 is 21.6 Å². The molecule has 0 bridgehead atoms. The molecule has 0 aromatic heterocycles. The number of para-hydroxylation sites is 1. The third-order valence-electron chi connectivity index (χ3n) is 4.58. The monoisotopic (exact) mass is 322 g/mol. The first kappa shape index (κ1) is 15.5. The Balaban J connectivity index is 1.80. The molecule has 1 saturated heterocycles. The van der Waals surface area contributed by atoms with Crippen molar-refractivity contribution in [2.24, 2.45) is 5.92 Å². The number of benzene rings is 1. The zero-order valence-corrected chi connectivity index (χ0v) is 13.7. The molecule has 0 saturated carbocycles. The van der Waals surface area contributed by atoms with Gasteiger partial charge in [-0.2, -0.15) is 0 Å². The molecule has 1 atom stereocenters. The lowest BCUT2D eigenvalue weighted by molar-refractivity contribution is -0.123. The second kappa shape index (κ2) is 6.01. The first-order valence-corrected chi connectivity index (χ1v) is 9.66. The van der Waals surface area contributed by atoms with Crippen molar-refractivity contribution in [2.75, 3.05) is 30.8 Å². The van der Waals surface area contributed by atoms with Crippen LogP contribution in [-0.4, -0.2) is 44.5 Å². The van der Waals surface area contributed by atoms with Crippen LogP contribution >= 0.6 is 0 Å². The van der Waals surface area contributed by atoms with E-state index in [1.807, 2.05) is 23.1 Å². The molecule has 22 heavy (non-hydrogen) atoms. The van der Waals surface area contributed by atoms with Gasteiger partial charge in [0, 0.05) is 25.3 Å². The van der Waals surface area contributed by atoms with Crippen molar-refractivity contribution in [3.8, 4) is 0 Å². The van der Waals surface area contributed by atoms with E-state index in [0.29, 0.717) is 13.1 Å². The molecule has 0 radical (unpaired) electrons. The Hall–Kier alpha value is -1.40. The average Bonchev–Trinajstić information content (AvgIpc) is 2.53. The van der Waals surface area contributed by atoms with Gasteiger partial charge in [-0.25, -0.2) is 12.7 Å². The third-order valence-corrected chi connectivity index (χ3v) is 5.85. The number of nitrogens with zero attached hydrogens (tertiary/aromatic N) is 2. The molecule has 120 valence electrons. The molecule has 5 nitrogen and oxygen atoms in total. The quantitative estimate of drug-likeness (QED) is 0.832. The summed E-state index contributed by atoms with van der Waals surface area (Å²) in [6, 6.07) is 8.01. The summed E-state index contributed by atoms with van der Waals surface area (Å²) < 4.78 is 24.9. The van der Waals surface area contributed by atoms with Gasteiger partial charge in [0.25, 0.3) is 0 Å². The number of piperidine rings is 1. The van der Waals surface area contributed by atoms with Crippen LogP contribution in [0.1, 0.15) is 24.8 Å². The minimum absolute atomic E-state index is 0.0699. The van der Waals surface area contributed by atoms with Gasteiger partial charge in [-0.3, -0.25) is 4.79 Å². The molecule has 1 aromatic carbocycles. The van der Waals surface area contributed by atoms with Crippen molar-refractivity contribution in [3.63, 3.8) is 0 Å². The van der Waals surface area contributed by atoms with E-state index < -0.39 is 10.0 Å². The highest BCUT2D eigenvalue weighted by molar-refractivity contribution is 7.88. The van der Waals surface area contributed by atoms with E-state index in [4.69, 9.17) is 0 Å². The van der Waals surface area contributed by atoms with Crippen LogP contribution in [-0.2, 0) is 21.2 Å². The van der Waals surface area contributed by atoms with E-state index in [1.54, 1.807) is 0 Å². The van der Waals surface area contributed by atoms with Crippen molar-refractivity contribution in [1.29, 1.82) is 0 Å². The fraction of sp³-hybridized carbons (Fsp3) is 0.562. The molecule has 0 aliphatic carbocycles. The number of fused-ring (bicyclic) bond motifs is 1. The van der Waals surface area contributed by atoms with Crippen molar-refractivity contribution < 1.29 is 13.2 Å². The number of carbonyl (C=O) groups is 1. The maximum atomic E-state index is 12.9. The Labute approximate surface area is 132 Å². The Morgan fingerprint density at radius 3 is 2.73 bits per heavy atom. The standard InChI is InChI=1S/C16H22N2O3S/c1-22(20,21)17-10-4-8-14(12-17)16(19)18-11-5-7-13-6-2-3-9-15(13)18/h2-3,6,9,14H,4-5,7-8,10-12H2,1H3. The van der Waals surface area contributed by atoms with Gasteiger partial charge in [-0.05, 0) is 37.3 Å². The molecule has 3 rings (SSSR count). The molecule has 0 spiro atoms. The van der Waals surface area contributed by atoms with Crippen LogP contribution in [0.2, 0.25) is 0 Å². The third kappa shape index (κ3) is 3.03. The summed E-state index contributed by atoms with van der Waals surface area (Å²) in [5.41, 5.74) is 2.20. The van der Waals surface area contributed by atoms with E-state index >= 15 is 0 Å². The van der Waals surface area contributed by atoms with Crippen LogP contribution in [0.4, 0.5) is 5.69 Å². The highest BCUT2D eigenvalue weighted by Crippen LogP contribution is 2.30. The first-order valence-electron chi connectivity index (χ1n) is 7.81. The molecular formula is C16H22N2O3S. The molecule has 1 aromatic rings. The minimum Gasteiger partial charge on any atom is -0.312 e. The normalized spacial score (nSPS) is 23.1. The van der Waals surface area contributed by atoms with Crippen LogP contribution in [0.3, 0.4) is 0 Å². The lowest BCUT2D eigenvalue weighted by Crippen LogP contribution is -2.47. The summed E-state index contributed by atoms with van der Waals surface area (Å²) in [6.07, 6.45) is 4.70. The zero-order chi connectivity index (χ0) is 15.7. The predicted molar refractivity (Wildman–Crippen MR) is 86.3 cm³/mol. The predicted octanol–water partition coefficient (Wildman–Crippen LogP) is 1.64. The van der Waals surface area contributed by atoms with Gasteiger partial charge in [0.1, 0.15) is 0 Å². The fourth-order valence-electron chi connectivity index (χ4n) is 3.43. The average molecular weight is 322 g/mol. The largest absolute Gasteiger partial charge is 0.312 e. The fourth-order valence-corrected chi connectivity index (χ4v) is 4.34. The number of aryl methyl sites for hydroxylation is 1. The van der Waals surface area contributed by atoms with Crippen molar-refractivity contribution in [1.82, 2.24) is 4.31 Å². The molecule has 2 heterocycles. The van der Waals surface area contributed by atoms with Gasteiger partial charge in [-0.1, -0.05) is 18.2 Å². The molecule has 1 amide bonds. The van der Waals surface area contributed by atoms with Crippen LogP contribution in [0.25, 0.3) is 0 Å². The number of carbonyl (C=O) groups excluding carboxylic acids is 1. The summed E-state index contributed by atoms with van der Waals surface area (Å²) in [6.45, 7) is 1.57. The van der Waals surface area contributed by atoms with E-state index in [-0.39, 0.29) is 11.8 Å². The Morgan fingerprint density at radius 2 is 1.95 bits per heavy atom.